The summed E-state index contributed by atoms with van der Waals surface area (Å²) in [6.07, 6.45) is 0. The number of ether oxygens (including phenoxy) is 1. The summed E-state index contributed by atoms with van der Waals surface area (Å²) < 4.78 is 32.1. The lowest BCUT2D eigenvalue weighted by Crippen LogP contribution is -2.12. The van der Waals surface area contributed by atoms with Crippen LogP contribution < -0.4 is 14.8 Å². The smallest absolute Gasteiger partial charge is 0.291 e. The third-order valence-corrected chi connectivity index (χ3v) is 6.05. The number of aryl methyl sites for hydroxylation is 1. The van der Waals surface area contributed by atoms with E-state index in [1.165, 1.54) is 7.11 Å². The van der Waals surface area contributed by atoms with Crippen molar-refractivity contribution in [2.45, 2.75) is 11.3 Å². The number of amides is 1. The molecule has 0 saturated carbocycles. The van der Waals surface area contributed by atoms with Gasteiger partial charge in [0, 0.05) is 11.3 Å². The number of carbonyl (C=O) groups excluding carboxylic acids is 1. The Morgan fingerprint density at radius 2 is 1.89 bits per heavy atom. The molecule has 27 heavy (non-hydrogen) atoms. The first-order chi connectivity index (χ1) is 12.9. The number of rotatable bonds is 6. The van der Waals surface area contributed by atoms with Crippen LogP contribution >= 0.6 is 11.3 Å². The highest BCUT2D eigenvalue weighted by Gasteiger charge is 2.21. The SMILES string of the molecule is COc1cccc(C(=O)Nc2nnc(S(=O)(=O)Nc3cccc(C)c3)s2)c1. The molecule has 0 radical (unpaired) electrons. The number of hydrogen-bond acceptors (Lipinski definition) is 7. The van der Waals surface area contributed by atoms with Crippen molar-refractivity contribution in [1.29, 1.82) is 0 Å². The molecule has 140 valence electrons. The first-order valence-corrected chi connectivity index (χ1v) is 10.1. The van der Waals surface area contributed by atoms with Crippen molar-refractivity contribution in [3.05, 3.63) is 59.7 Å². The molecule has 1 aromatic heterocycles. The van der Waals surface area contributed by atoms with Crippen molar-refractivity contribution in [3.63, 3.8) is 0 Å². The van der Waals surface area contributed by atoms with Crippen LogP contribution in [0.5, 0.6) is 5.75 Å². The molecule has 0 saturated heterocycles. The van der Waals surface area contributed by atoms with Crippen molar-refractivity contribution in [2.75, 3.05) is 17.1 Å². The average molecular weight is 404 g/mol. The predicted molar refractivity (Wildman–Crippen MR) is 103 cm³/mol. The molecule has 2 aromatic carbocycles. The molecule has 3 rings (SSSR count). The highest BCUT2D eigenvalue weighted by Crippen LogP contribution is 2.23. The van der Waals surface area contributed by atoms with E-state index < -0.39 is 15.9 Å². The van der Waals surface area contributed by atoms with Gasteiger partial charge in [0.05, 0.1) is 7.11 Å². The molecule has 0 atom stereocenters. The molecule has 0 bridgehead atoms. The Balaban J connectivity index is 1.74. The molecule has 2 N–H and O–H groups in total. The van der Waals surface area contributed by atoms with Gasteiger partial charge in [0.1, 0.15) is 5.75 Å². The highest BCUT2D eigenvalue weighted by atomic mass is 32.2. The molecule has 10 heteroatoms. The van der Waals surface area contributed by atoms with Gasteiger partial charge in [-0.2, -0.15) is 8.42 Å². The Labute approximate surface area is 160 Å². The van der Waals surface area contributed by atoms with Gasteiger partial charge in [-0.1, -0.05) is 29.5 Å². The van der Waals surface area contributed by atoms with Crippen molar-refractivity contribution >= 4 is 38.1 Å². The summed E-state index contributed by atoms with van der Waals surface area (Å²) >= 11 is 0.760. The van der Waals surface area contributed by atoms with Gasteiger partial charge in [0.25, 0.3) is 20.3 Å². The number of benzene rings is 2. The monoisotopic (exact) mass is 404 g/mol. The highest BCUT2D eigenvalue weighted by molar-refractivity contribution is 7.94. The van der Waals surface area contributed by atoms with Crippen LogP contribution in [0.2, 0.25) is 0 Å². The maximum atomic E-state index is 12.4. The van der Waals surface area contributed by atoms with Crippen molar-refractivity contribution in [2.24, 2.45) is 0 Å². The van der Waals surface area contributed by atoms with E-state index >= 15 is 0 Å². The van der Waals surface area contributed by atoms with E-state index in [0.717, 1.165) is 16.9 Å². The largest absolute Gasteiger partial charge is 0.497 e. The molecule has 0 aliphatic carbocycles. The van der Waals surface area contributed by atoms with Crippen molar-refractivity contribution in [1.82, 2.24) is 10.2 Å². The summed E-state index contributed by atoms with van der Waals surface area (Å²) in [6, 6.07) is 13.5. The lowest BCUT2D eigenvalue weighted by molar-refractivity contribution is 0.102. The second kappa shape index (κ2) is 7.72. The summed E-state index contributed by atoms with van der Waals surface area (Å²) in [5, 5.41) is 10.0. The van der Waals surface area contributed by atoms with E-state index in [9.17, 15) is 13.2 Å². The normalized spacial score (nSPS) is 11.0. The average Bonchev–Trinajstić information content (AvgIpc) is 3.11. The maximum Gasteiger partial charge on any atom is 0.291 e. The van der Waals surface area contributed by atoms with E-state index in [1.54, 1.807) is 42.5 Å². The van der Waals surface area contributed by atoms with Gasteiger partial charge >= 0.3 is 0 Å². The number of hydrogen-bond donors (Lipinski definition) is 2. The predicted octanol–water partition coefficient (Wildman–Crippen LogP) is 2.91. The zero-order valence-corrected chi connectivity index (χ0v) is 16.1. The van der Waals surface area contributed by atoms with Crippen LogP contribution in [0, 0.1) is 6.92 Å². The summed E-state index contributed by atoms with van der Waals surface area (Å²) in [5.41, 5.74) is 1.69. The molecule has 1 amide bonds. The van der Waals surface area contributed by atoms with Gasteiger partial charge in [0.15, 0.2) is 0 Å². The molecular formula is C17H16N4O4S2. The Morgan fingerprint density at radius 3 is 2.63 bits per heavy atom. The molecule has 0 fully saturated rings. The Bertz CT molecular complexity index is 1080. The third kappa shape index (κ3) is 4.60. The fourth-order valence-electron chi connectivity index (χ4n) is 2.21. The van der Waals surface area contributed by atoms with Crippen LogP contribution in [0.1, 0.15) is 15.9 Å². The van der Waals surface area contributed by atoms with Gasteiger partial charge in [-0.3, -0.25) is 14.8 Å². The minimum atomic E-state index is -3.90. The molecule has 0 unspecified atom stereocenters. The summed E-state index contributed by atoms with van der Waals surface area (Å²) in [4.78, 5) is 12.3. The van der Waals surface area contributed by atoms with Crippen molar-refractivity contribution in [3.8, 4) is 5.75 Å². The zero-order valence-electron chi connectivity index (χ0n) is 14.5. The van der Waals surface area contributed by atoms with Crippen molar-refractivity contribution < 1.29 is 17.9 Å². The van der Waals surface area contributed by atoms with Crippen LogP contribution in [-0.4, -0.2) is 31.6 Å². The molecule has 1 heterocycles. The van der Waals surface area contributed by atoms with Crippen LogP contribution in [-0.2, 0) is 10.0 Å². The summed E-state index contributed by atoms with van der Waals surface area (Å²) in [6.45, 7) is 1.86. The van der Waals surface area contributed by atoms with Gasteiger partial charge in [-0.15, -0.1) is 10.2 Å². The Morgan fingerprint density at radius 1 is 1.11 bits per heavy atom. The molecule has 8 nitrogen and oxygen atoms in total. The Hall–Kier alpha value is -2.98. The second-order valence-corrected chi connectivity index (χ2v) is 8.37. The van der Waals surface area contributed by atoms with E-state index in [-0.39, 0.29) is 9.47 Å². The van der Waals surface area contributed by atoms with Crippen LogP contribution in [0.3, 0.4) is 0 Å². The third-order valence-electron chi connectivity index (χ3n) is 3.46. The minimum absolute atomic E-state index is 0.0763. The van der Waals surface area contributed by atoms with Crippen LogP contribution in [0.4, 0.5) is 10.8 Å². The second-order valence-electron chi connectivity index (χ2n) is 5.53. The van der Waals surface area contributed by atoms with Crippen LogP contribution in [0.15, 0.2) is 52.9 Å². The van der Waals surface area contributed by atoms with E-state index in [4.69, 9.17) is 4.74 Å². The van der Waals surface area contributed by atoms with E-state index in [2.05, 4.69) is 20.2 Å². The number of nitrogens with zero attached hydrogens (tertiary/aromatic N) is 2. The van der Waals surface area contributed by atoms with Crippen LogP contribution in [0.25, 0.3) is 0 Å². The molecular weight excluding hydrogens is 388 g/mol. The van der Waals surface area contributed by atoms with Gasteiger partial charge in [-0.25, -0.2) is 0 Å². The summed E-state index contributed by atoms with van der Waals surface area (Å²) in [5.74, 6) is 0.0891. The number of aromatic nitrogens is 2. The first kappa shape index (κ1) is 18.8. The van der Waals surface area contributed by atoms with Gasteiger partial charge in [-0.05, 0) is 42.8 Å². The van der Waals surface area contributed by atoms with Gasteiger partial charge < -0.3 is 4.74 Å². The number of anilines is 2. The number of carbonyl (C=O) groups is 1. The number of sulfonamides is 1. The fourth-order valence-corrected chi connectivity index (χ4v) is 4.16. The number of nitrogens with one attached hydrogen (secondary N) is 2. The zero-order chi connectivity index (χ0) is 19.4. The van der Waals surface area contributed by atoms with Gasteiger partial charge in [0.2, 0.25) is 5.13 Å². The number of methoxy groups -OCH3 is 1. The minimum Gasteiger partial charge on any atom is -0.497 e. The standard InChI is InChI=1S/C17H16N4O4S2/c1-11-5-3-7-13(9-11)21-27(23,24)17-20-19-16(26-17)18-15(22)12-6-4-8-14(10-12)25-2/h3-10,21H,1-2H3,(H,18,19,22). The van der Waals surface area contributed by atoms with E-state index in [1.807, 2.05) is 13.0 Å². The Kier molecular flexibility index (Phi) is 5.38. The molecule has 3 aromatic rings. The quantitative estimate of drug-likeness (QED) is 0.611. The fraction of sp³-hybridized carbons (Fsp3) is 0.118. The lowest BCUT2D eigenvalue weighted by Gasteiger charge is -2.05. The molecule has 0 aliphatic rings. The molecule has 0 aliphatic heterocycles. The first-order valence-electron chi connectivity index (χ1n) is 7.76. The topological polar surface area (TPSA) is 110 Å². The maximum absolute atomic E-state index is 12.4. The van der Waals surface area contributed by atoms with E-state index in [0.29, 0.717) is 17.0 Å². The lowest BCUT2D eigenvalue weighted by atomic mass is 10.2. The summed E-state index contributed by atoms with van der Waals surface area (Å²) in [7, 11) is -2.40. The molecule has 0 spiro atoms.